The lowest BCUT2D eigenvalue weighted by Gasteiger charge is -2.16. The molecule has 280 valence electrons. The van der Waals surface area contributed by atoms with Gasteiger partial charge in [0.15, 0.2) is 5.82 Å². The van der Waals surface area contributed by atoms with Gasteiger partial charge in [-0.25, -0.2) is 9.97 Å². The van der Waals surface area contributed by atoms with E-state index in [-0.39, 0.29) is 0 Å². The summed E-state index contributed by atoms with van der Waals surface area (Å²) in [7, 11) is 0. The van der Waals surface area contributed by atoms with Gasteiger partial charge in [-0.15, -0.1) is 0 Å². The molecule has 3 heterocycles. The molecule has 4 heteroatoms. The summed E-state index contributed by atoms with van der Waals surface area (Å²) in [6, 6.07) is 64.0. The Balaban J connectivity index is 0.922. The number of rotatable bonds is 5. The largest absolute Gasteiger partial charge is 0.309 e. The summed E-state index contributed by atoms with van der Waals surface area (Å²) in [6.07, 6.45) is 8.62. The van der Waals surface area contributed by atoms with Crippen LogP contribution in [-0.4, -0.2) is 19.1 Å². The van der Waals surface area contributed by atoms with Gasteiger partial charge in [0.05, 0.1) is 33.5 Å². The molecular weight excluding hydrogens is 729 g/mol. The molecule has 0 N–H and O–H groups in total. The minimum Gasteiger partial charge on any atom is -0.309 e. The Bertz CT molecular complexity index is 3630. The highest BCUT2D eigenvalue weighted by Crippen LogP contribution is 2.50. The third-order valence-electron chi connectivity index (χ3n) is 12.7. The van der Waals surface area contributed by atoms with Crippen molar-refractivity contribution in [3.05, 3.63) is 200 Å². The summed E-state index contributed by atoms with van der Waals surface area (Å²) in [5, 5.41) is 7.48. The first-order valence-corrected chi connectivity index (χ1v) is 20.8. The van der Waals surface area contributed by atoms with Gasteiger partial charge in [0.1, 0.15) is 0 Å². The molecular formula is C56H36N4. The van der Waals surface area contributed by atoms with E-state index in [0.29, 0.717) is 0 Å². The molecule has 0 atom stereocenters. The monoisotopic (exact) mass is 764 g/mol. The van der Waals surface area contributed by atoms with E-state index >= 15 is 0 Å². The van der Waals surface area contributed by atoms with Crippen molar-refractivity contribution in [3.63, 3.8) is 0 Å². The lowest BCUT2D eigenvalue weighted by atomic mass is 9.95. The van der Waals surface area contributed by atoms with E-state index in [1.165, 1.54) is 87.9 Å². The Hall–Kier alpha value is -7.82. The van der Waals surface area contributed by atoms with Crippen LogP contribution in [0.5, 0.6) is 0 Å². The van der Waals surface area contributed by atoms with Gasteiger partial charge in [0.25, 0.3) is 0 Å². The molecule has 0 saturated carbocycles. The number of benzene rings is 8. The van der Waals surface area contributed by atoms with E-state index in [2.05, 4.69) is 203 Å². The highest BCUT2D eigenvalue weighted by atomic mass is 15.0. The van der Waals surface area contributed by atoms with Crippen molar-refractivity contribution in [1.82, 2.24) is 19.1 Å². The standard InChI is InChI=1S/C56H36N4/c1-3-13-36(14-4-1)54-53-44-21-11-15-35-16-12-22-45(52(35)44)55(53)58-56(57-54)37-25-29-41(30-26-37)60-49-24-10-8-20-43(49)47-34-39(28-32-51(47)60)38-27-31-50-46(33-38)42-19-7-9-23-48(42)59(50)40-17-5-2-6-18-40/h1-3,5-13,15-34H,4,14H2. The number of nitrogens with zero attached hydrogens (tertiary/aromatic N) is 4. The van der Waals surface area contributed by atoms with Crippen LogP contribution in [0.15, 0.2) is 194 Å². The van der Waals surface area contributed by atoms with Crippen molar-refractivity contribution in [2.45, 2.75) is 12.8 Å². The molecule has 0 spiro atoms. The van der Waals surface area contributed by atoms with Crippen LogP contribution >= 0.6 is 0 Å². The molecule has 2 aliphatic rings. The van der Waals surface area contributed by atoms with Crippen LogP contribution < -0.4 is 0 Å². The first-order valence-electron chi connectivity index (χ1n) is 20.8. The van der Waals surface area contributed by atoms with Crippen molar-refractivity contribution >= 4 is 60.0 Å². The van der Waals surface area contributed by atoms with Gasteiger partial charge in [0.2, 0.25) is 0 Å². The third-order valence-corrected chi connectivity index (χ3v) is 12.7. The number of para-hydroxylation sites is 3. The summed E-state index contributed by atoms with van der Waals surface area (Å²) in [5.74, 6) is 0.756. The molecule has 0 radical (unpaired) electrons. The van der Waals surface area contributed by atoms with Gasteiger partial charge < -0.3 is 9.13 Å². The van der Waals surface area contributed by atoms with E-state index in [1.807, 2.05) is 0 Å². The van der Waals surface area contributed by atoms with Crippen LogP contribution in [0.2, 0.25) is 0 Å². The third kappa shape index (κ3) is 4.85. The quantitative estimate of drug-likeness (QED) is 0.175. The molecule has 11 aromatic rings. The second kappa shape index (κ2) is 12.8. The Morgan fingerprint density at radius 2 is 1.00 bits per heavy atom. The summed E-state index contributed by atoms with van der Waals surface area (Å²) >= 11 is 0. The molecule has 0 amide bonds. The van der Waals surface area contributed by atoms with Gasteiger partial charge in [-0.3, -0.25) is 0 Å². The van der Waals surface area contributed by atoms with Crippen LogP contribution in [0.1, 0.15) is 18.5 Å². The number of aromatic nitrogens is 4. The zero-order valence-corrected chi connectivity index (χ0v) is 32.7. The maximum atomic E-state index is 5.37. The van der Waals surface area contributed by atoms with Gasteiger partial charge in [-0.05, 0) is 119 Å². The predicted molar refractivity (Wildman–Crippen MR) is 250 cm³/mol. The average Bonchev–Trinajstić information content (AvgIpc) is 3.95. The van der Waals surface area contributed by atoms with Crippen LogP contribution in [-0.2, 0) is 0 Å². The Kier molecular flexibility index (Phi) is 7.10. The average molecular weight is 765 g/mol. The van der Waals surface area contributed by atoms with Gasteiger partial charge >= 0.3 is 0 Å². The lowest BCUT2D eigenvalue weighted by molar-refractivity contribution is 1.03. The van der Waals surface area contributed by atoms with Crippen LogP contribution in [0, 0.1) is 0 Å². The van der Waals surface area contributed by atoms with Crippen LogP contribution in [0.3, 0.4) is 0 Å². The second-order valence-corrected chi connectivity index (χ2v) is 16.0. The minimum absolute atomic E-state index is 0.756. The topological polar surface area (TPSA) is 35.6 Å². The van der Waals surface area contributed by atoms with E-state index < -0.39 is 0 Å². The van der Waals surface area contributed by atoms with Crippen molar-refractivity contribution in [1.29, 1.82) is 0 Å². The molecule has 0 bridgehead atoms. The number of hydrogen-bond donors (Lipinski definition) is 0. The molecule has 3 aromatic heterocycles. The Labute approximate surface area is 346 Å². The molecule has 8 aromatic carbocycles. The fraction of sp³-hybridized carbons (Fsp3) is 0.0357. The summed E-state index contributed by atoms with van der Waals surface area (Å²) in [4.78, 5) is 10.7. The van der Waals surface area contributed by atoms with Crippen molar-refractivity contribution in [2.24, 2.45) is 0 Å². The molecule has 60 heavy (non-hydrogen) atoms. The summed E-state index contributed by atoms with van der Waals surface area (Å²) in [6.45, 7) is 0. The fourth-order valence-corrected chi connectivity index (χ4v) is 10.0. The highest BCUT2D eigenvalue weighted by molar-refractivity contribution is 6.16. The van der Waals surface area contributed by atoms with E-state index in [1.54, 1.807) is 0 Å². The van der Waals surface area contributed by atoms with E-state index in [0.717, 1.165) is 46.9 Å². The van der Waals surface area contributed by atoms with E-state index in [4.69, 9.17) is 9.97 Å². The summed E-state index contributed by atoms with van der Waals surface area (Å²) in [5.41, 5.74) is 17.4. The minimum atomic E-state index is 0.756. The summed E-state index contributed by atoms with van der Waals surface area (Å²) < 4.78 is 4.76. The zero-order chi connectivity index (χ0) is 39.3. The van der Waals surface area contributed by atoms with Crippen molar-refractivity contribution in [2.75, 3.05) is 0 Å². The van der Waals surface area contributed by atoms with Crippen molar-refractivity contribution < 1.29 is 0 Å². The van der Waals surface area contributed by atoms with Crippen LogP contribution in [0.25, 0.3) is 116 Å². The second-order valence-electron chi connectivity index (χ2n) is 16.0. The molecule has 0 fully saturated rings. The van der Waals surface area contributed by atoms with Crippen LogP contribution in [0.4, 0.5) is 0 Å². The SMILES string of the molecule is C1=CCCC(c2nc(-c3ccc(-n4c5ccccc5c5cc(-c6ccc7c(c6)c6ccccc6n7-c6ccccc6)ccc54)cc3)nc3c2-c2cccc4cccc-3c24)=C1. The Morgan fingerprint density at radius 1 is 0.433 bits per heavy atom. The molecule has 0 saturated heterocycles. The molecule has 13 rings (SSSR count). The van der Waals surface area contributed by atoms with Gasteiger partial charge in [0, 0.05) is 49.6 Å². The molecule has 0 aliphatic heterocycles. The fourth-order valence-electron chi connectivity index (χ4n) is 10.0. The van der Waals surface area contributed by atoms with Crippen molar-refractivity contribution in [3.8, 4) is 56.3 Å². The number of allylic oxidation sites excluding steroid dienone is 4. The maximum Gasteiger partial charge on any atom is 0.160 e. The van der Waals surface area contributed by atoms with Gasteiger partial charge in [-0.2, -0.15) is 0 Å². The number of hydrogen-bond acceptors (Lipinski definition) is 2. The molecule has 4 nitrogen and oxygen atoms in total. The zero-order valence-electron chi connectivity index (χ0n) is 32.7. The highest BCUT2D eigenvalue weighted by Gasteiger charge is 2.29. The lowest BCUT2D eigenvalue weighted by Crippen LogP contribution is -2.02. The smallest absolute Gasteiger partial charge is 0.160 e. The maximum absolute atomic E-state index is 5.37. The molecule has 0 unspecified atom stereocenters. The first-order chi connectivity index (χ1) is 29.8. The predicted octanol–water partition coefficient (Wildman–Crippen LogP) is 14.5. The molecule has 2 aliphatic carbocycles. The first kappa shape index (κ1) is 33.2. The van der Waals surface area contributed by atoms with Gasteiger partial charge in [-0.1, -0.05) is 121 Å². The Morgan fingerprint density at radius 3 is 1.65 bits per heavy atom. The normalized spacial score (nSPS) is 13.2. The number of fused-ring (bicyclic) bond motifs is 9. The van der Waals surface area contributed by atoms with E-state index in [9.17, 15) is 0 Å².